The third kappa shape index (κ3) is 5.50. The molecule has 1 aliphatic heterocycles. The summed E-state index contributed by atoms with van der Waals surface area (Å²) in [5, 5.41) is 29.5. The van der Waals surface area contributed by atoms with Gasteiger partial charge in [-0.1, -0.05) is 53.5 Å². The molecule has 0 unspecified atom stereocenters. The number of hydrogen-bond donors (Lipinski definition) is 3. The van der Waals surface area contributed by atoms with Crippen molar-refractivity contribution < 1.29 is 29.7 Å². The minimum absolute atomic E-state index is 0.0242. The predicted octanol–water partition coefficient (Wildman–Crippen LogP) is 3.30. The van der Waals surface area contributed by atoms with E-state index in [1.165, 1.54) is 23.9 Å². The summed E-state index contributed by atoms with van der Waals surface area (Å²) in [7, 11) is 1.89. The van der Waals surface area contributed by atoms with Gasteiger partial charge in [-0.25, -0.2) is 0 Å². The molecule has 1 amide bonds. The Labute approximate surface area is 206 Å². The molecule has 0 fully saturated rings. The second-order valence-electron chi connectivity index (χ2n) is 6.62. The van der Waals surface area contributed by atoms with Crippen molar-refractivity contribution in [2.75, 3.05) is 18.5 Å². The number of allylic oxidation sites excluding steroid dienone is 2. The van der Waals surface area contributed by atoms with Crippen LogP contribution in [-0.4, -0.2) is 61.2 Å². The van der Waals surface area contributed by atoms with Gasteiger partial charge in [0.25, 0.3) is 5.91 Å². The zero-order valence-electron chi connectivity index (χ0n) is 17.0. The molecule has 1 aromatic carbocycles. The van der Waals surface area contributed by atoms with E-state index >= 15 is 0 Å². The number of hydrogen-bond acceptors (Lipinski definition) is 9. The Morgan fingerprint density at radius 1 is 1.18 bits per heavy atom. The number of amides is 1. The molecule has 3 N–H and O–H groups in total. The molecule has 2 aromatic rings. The lowest BCUT2D eigenvalue weighted by Gasteiger charge is -2.19. The van der Waals surface area contributed by atoms with E-state index in [1.54, 1.807) is 6.08 Å². The smallest absolute Gasteiger partial charge is 0.323 e. The fraction of sp³-hybridized carbons (Fsp3) is 0.150. The maximum atomic E-state index is 12.8. The number of anilines is 1. The first-order chi connectivity index (χ1) is 15.6. The van der Waals surface area contributed by atoms with Crippen LogP contribution in [-0.2, 0) is 20.9 Å². The molecule has 0 saturated carbocycles. The van der Waals surface area contributed by atoms with Crippen LogP contribution in [0.1, 0.15) is 4.88 Å². The molecule has 3 rings (SSSR count). The van der Waals surface area contributed by atoms with Gasteiger partial charge in [-0.2, -0.15) is 0 Å². The van der Waals surface area contributed by atoms with Crippen LogP contribution in [0.25, 0.3) is 0 Å². The van der Waals surface area contributed by atoms with Gasteiger partial charge in [0, 0.05) is 18.0 Å². The molecule has 13 heteroatoms. The van der Waals surface area contributed by atoms with Gasteiger partial charge < -0.3 is 20.2 Å². The lowest BCUT2D eigenvalue weighted by molar-refractivity contribution is -0.140. The highest BCUT2D eigenvalue weighted by Gasteiger charge is 2.26. The molecule has 0 spiro atoms. The molecule has 172 valence electrons. The summed E-state index contributed by atoms with van der Waals surface area (Å²) in [5.41, 5.74) is 1.03. The van der Waals surface area contributed by atoms with Crippen LogP contribution < -0.4 is 4.90 Å². The molecule has 0 atom stereocenters. The summed E-state index contributed by atoms with van der Waals surface area (Å²) in [4.78, 5) is 38.6. The molecule has 1 aromatic heterocycles. The number of carbonyl (C=O) groups is 3. The molecule has 2 heterocycles. The zero-order chi connectivity index (χ0) is 24.3. The maximum absolute atomic E-state index is 12.8. The van der Waals surface area contributed by atoms with Gasteiger partial charge in [-0.3, -0.25) is 23.9 Å². The molecule has 33 heavy (non-hydrogen) atoms. The number of rotatable bonds is 7. The molecule has 9 nitrogen and oxygen atoms in total. The fourth-order valence-electron chi connectivity index (χ4n) is 2.89. The van der Waals surface area contributed by atoms with E-state index in [2.05, 4.69) is 0 Å². The van der Waals surface area contributed by atoms with Crippen LogP contribution in [0.4, 0.5) is 5.69 Å². The number of carboxylic acids is 2. The van der Waals surface area contributed by atoms with E-state index in [9.17, 15) is 24.6 Å². The number of aromatic hydroxyl groups is 1. The normalized spacial score (nSPS) is 14.0. The number of aliphatic carboxylic acids is 2. The number of thiazole rings is 1. The van der Waals surface area contributed by atoms with Crippen LogP contribution in [0, 0.1) is 3.95 Å². The zero-order valence-corrected chi connectivity index (χ0v) is 20.3. The summed E-state index contributed by atoms with van der Waals surface area (Å²) >= 11 is 12.6. The average Bonchev–Trinajstić information content (AvgIpc) is 3.22. The highest BCUT2D eigenvalue weighted by molar-refractivity contribution is 8.03. The van der Waals surface area contributed by atoms with E-state index < -0.39 is 36.8 Å². The Balaban J connectivity index is 1.83. The van der Waals surface area contributed by atoms with Crippen LogP contribution in [0.15, 0.2) is 52.4 Å². The summed E-state index contributed by atoms with van der Waals surface area (Å²) < 4.78 is 0.967. The van der Waals surface area contributed by atoms with Crippen molar-refractivity contribution in [1.82, 2.24) is 9.47 Å². The highest BCUT2D eigenvalue weighted by Crippen LogP contribution is 2.44. The minimum Gasteiger partial charge on any atom is -0.493 e. The summed E-state index contributed by atoms with van der Waals surface area (Å²) in [6.07, 6.45) is 4.38. The topological polar surface area (TPSA) is 123 Å². The average molecular weight is 524 g/mol. The highest BCUT2D eigenvalue weighted by atomic mass is 32.2. The summed E-state index contributed by atoms with van der Waals surface area (Å²) in [6, 6.07) is 7.82. The molecule has 0 radical (unpaired) electrons. The van der Waals surface area contributed by atoms with Crippen molar-refractivity contribution in [2.24, 2.45) is 0 Å². The molecule has 1 aliphatic rings. The molecular formula is C20H17N3O6S4. The number of aromatic nitrogens is 1. The minimum atomic E-state index is -1.31. The number of carboxylic acid groups (broad SMARTS) is 2. The maximum Gasteiger partial charge on any atom is 0.323 e. The van der Waals surface area contributed by atoms with Crippen molar-refractivity contribution in [1.29, 1.82) is 0 Å². The van der Waals surface area contributed by atoms with Gasteiger partial charge in [0.15, 0.2) is 3.95 Å². The Morgan fingerprint density at radius 3 is 2.52 bits per heavy atom. The van der Waals surface area contributed by atoms with Crippen molar-refractivity contribution in [3.63, 3.8) is 0 Å². The molecule has 0 bridgehead atoms. The van der Waals surface area contributed by atoms with Crippen LogP contribution in [0.3, 0.4) is 0 Å². The Hall–Kier alpha value is -3.00. The summed E-state index contributed by atoms with van der Waals surface area (Å²) in [6.45, 7) is -1.35. The van der Waals surface area contributed by atoms with E-state index in [4.69, 9.17) is 29.5 Å². The standard InChI is InChI=1S/C20H17N3O6S4/c1-21-11-5-2-3-6-12(11)32-14(21)8-4-7-13(24)22(9-15(25)26)19(30)17-18(29)23(10-16(27)28)20(31)33-17/h2-8,29H,9-10H2,1H3,(H,25,26)(H,27,28). The van der Waals surface area contributed by atoms with E-state index in [-0.39, 0.29) is 13.8 Å². The lowest BCUT2D eigenvalue weighted by Crippen LogP contribution is -2.38. The number of carbonyl (C=O) groups excluding carboxylic acids is 1. The second kappa shape index (κ2) is 10.3. The second-order valence-corrected chi connectivity index (χ2v) is 9.71. The Kier molecular flexibility index (Phi) is 7.68. The molecule has 0 saturated heterocycles. The first kappa shape index (κ1) is 24.6. The van der Waals surface area contributed by atoms with Gasteiger partial charge in [0.1, 0.15) is 23.0 Å². The van der Waals surface area contributed by atoms with Gasteiger partial charge >= 0.3 is 11.9 Å². The van der Waals surface area contributed by atoms with E-state index in [0.717, 1.165) is 36.4 Å². The van der Waals surface area contributed by atoms with Gasteiger partial charge in [0.05, 0.1) is 10.7 Å². The Morgan fingerprint density at radius 2 is 1.88 bits per heavy atom. The molecule has 0 aliphatic carbocycles. The van der Waals surface area contributed by atoms with Crippen molar-refractivity contribution in [3.05, 3.63) is 56.4 Å². The number of thioether (sulfide) groups is 1. The van der Waals surface area contributed by atoms with E-state index in [0.29, 0.717) is 0 Å². The number of nitrogens with zero attached hydrogens (tertiary/aromatic N) is 3. The van der Waals surface area contributed by atoms with Gasteiger partial charge in [-0.05, 0) is 30.4 Å². The van der Waals surface area contributed by atoms with Crippen LogP contribution >= 0.6 is 47.5 Å². The fourth-order valence-corrected chi connectivity index (χ4v) is 5.56. The number of para-hydroxylation sites is 1. The number of fused-ring (bicyclic) bond motifs is 1. The first-order valence-corrected chi connectivity index (χ1v) is 11.7. The number of thiocarbonyl (C=S) groups is 1. The third-order valence-corrected chi connectivity index (χ3v) is 7.59. The SMILES string of the molecule is CN1C(=CC=CC(=O)N(CC(=O)O)C(=S)c2sc(=S)n(CC(=O)O)c2O)Sc2ccccc21. The van der Waals surface area contributed by atoms with Crippen LogP contribution in [0.2, 0.25) is 0 Å². The van der Waals surface area contributed by atoms with Gasteiger partial charge in [-0.15, -0.1) is 0 Å². The third-order valence-electron chi connectivity index (χ3n) is 4.41. The summed E-state index contributed by atoms with van der Waals surface area (Å²) in [5.74, 6) is -3.80. The van der Waals surface area contributed by atoms with Crippen molar-refractivity contribution >= 4 is 76.1 Å². The number of benzene rings is 1. The van der Waals surface area contributed by atoms with Crippen molar-refractivity contribution in [3.8, 4) is 5.88 Å². The molecular weight excluding hydrogens is 507 g/mol. The van der Waals surface area contributed by atoms with Crippen molar-refractivity contribution in [2.45, 2.75) is 11.4 Å². The predicted molar refractivity (Wildman–Crippen MR) is 131 cm³/mol. The van der Waals surface area contributed by atoms with Gasteiger partial charge in [0.2, 0.25) is 5.88 Å². The van der Waals surface area contributed by atoms with Crippen LogP contribution in [0.5, 0.6) is 5.88 Å². The quantitative estimate of drug-likeness (QED) is 0.368. The first-order valence-electron chi connectivity index (χ1n) is 9.21. The lowest BCUT2D eigenvalue weighted by atomic mass is 10.3. The van der Waals surface area contributed by atoms with E-state index in [1.807, 2.05) is 36.2 Å². The Bertz CT molecular complexity index is 1260. The monoisotopic (exact) mass is 523 g/mol. The largest absolute Gasteiger partial charge is 0.493 e.